The van der Waals surface area contributed by atoms with Gasteiger partial charge in [0.2, 0.25) is 6.04 Å². The Balaban J connectivity index is 3.28. The monoisotopic (exact) mass is 111 g/mol. The Bertz CT molecular complexity index is 89.1. The van der Waals surface area contributed by atoms with Gasteiger partial charge in [-0.1, -0.05) is 13.8 Å². The molecule has 0 unspecified atom stereocenters. The summed E-state index contributed by atoms with van der Waals surface area (Å²) in [4.78, 5) is 3.38. The molecule has 0 fully saturated rings. The predicted molar refractivity (Wildman–Crippen MR) is 35.5 cm³/mol. The number of hydrogen-bond donors (Lipinski definition) is 0. The van der Waals surface area contributed by atoms with Crippen molar-refractivity contribution in [3.05, 3.63) is 11.4 Å². The third kappa shape index (κ3) is 3.67. The van der Waals surface area contributed by atoms with E-state index in [4.69, 9.17) is 6.57 Å². The Morgan fingerprint density at radius 3 is 2.00 bits per heavy atom. The van der Waals surface area contributed by atoms with Gasteiger partial charge in [-0.25, -0.2) is 6.57 Å². The minimum Gasteiger partial charge on any atom is -0.314 e. The summed E-state index contributed by atoms with van der Waals surface area (Å²) in [7, 11) is 0. The molecule has 0 saturated carbocycles. The molecule has 0 aromatic carbocycles. The standard InChI is InChI=1S/C7H13N/c1-6(2)5-7(3)8-4/h6-7H,5H2,1-3H3/t7-/m0/s1. The van der Waals surface area contributed by atoms with E-state index >= 15 is 0 Å². The summed E-state index contributed by atoms with van der Waals surface area (Å²) in [5.41, 5.74) is 0. The molecule has 0 spiro atoms. The molecule has 8 heavy (non-hydrogen) atoms. The molecule has 0 bridgehead atoms. The molecular weight excluding hydrogens is 98.1 g/mol. The average molecular weight is 111 g/mol. The molecule has 0 radical (unpaired) electrons. The first kappa shape index (κ1) is 7.49. The zero-order chi connectivity index (χ0) is 6.57. The van der Waals surface area contributed by atoms with Gasteiger partial charge < -0.3 is 4.85 Å². The lowest BCUT2D eigenvalue weighted by atomic mass is 10.1. The van der Waals surface area contributed by atoms with Gasteiger partial charge in [-0.2, -0.15) is 0 Å². The fraction of sp³-hybridized carbons (Fsp3) is 0.857. The molecule has 0 amide bonds. The molecule has 0 rings (SSSR count). The minimum absolute atomic E-state index is 0.218. The summed E-state index contributed by atoms with van der Waals surface area (Å²) < 4.78 is 0. The first-order valence-corrected chi connectivity index (χ1v) is 3.03. The minimum atomic E-state index is 0.218. The molecule has 0 aromatic heterocycles. The van der Waals surface area contributed by atoms with Crippen molar-refractivity contribution in [2.75, 3.05) is 0 Å². The van der Waals surface area contributed by atoms with Crippen LogP contribution in [0.2, 0.25) is 0 Å². The molecule has 0 heterocycles. The Labute approximate surface area is 51.5 Å². The van der Waals surface area contributed by atoms with E-state index in [1.54, 1.807) is 0 Å². The summed E-state index contributed by atoms with van der Waals surface area (Å²) in [5, 5.41) is 0. The van der Waals surface area contributed by atoms with Gasteiger partial charge in [0.1, 0.15) is 0 Å². The van der Waals surface area contributed by atoms with Crippen LogP contribution in [0, 0.1) is 12.5 Å². The fourth-order valence-electron chi connectivity index (χ4n) is 0.735. The maximum absolute atomic E-state index is 6.63. The molecular formula is C7H13N. The van der Waals surface area contributed by atoms with Gasteiger partial charge in [-0.3, -0.25) is 0 Å². The van der Waals surface area contributed by atoms with Crippen LogP contribution in [0.5, 0.6) is 0 Å². The molecule has 0 N–H and O–H groups in total. The molecule has 1 nitrogen and oxygen atoms in total. The number of hydrogen-bond acceptors (Lipinski definition) is 0. The zero-order valence-corrected chi connectivity index (χ0v) is 5.81. The van der Waals surface area contributed by atoms with E-state index in [0.717, 1.165) is 6.42 Å². The van der Waals surface area contributed by atoms with Gasteiger partial charge >= 0.3 is 0 Å². The summed E-state index contributed by atoms with van der Waals surface area (Å²) in [5.74, 6) is 0.666. The molecule has 0 saturated heterocycles. The van der Waals surface area contributed by atoms with Crippen molar-refractivity contribution in [3.63, 3.8) is 0 Å². The summed E-state index contributed by atoms with van der Waals surface area (Å²) >= 11 is 0. The zero-order valence-electron chi connectivity index (χ0n) is 5.81. The first-order valence-electron chi connectivity index (χ1n) is 3.03. The van der Waals surface area contributed by atoms with Crippen LogP contribution in [0.1, 0.15) is 27.2 Å². The van der Waals surface area contributed by atoms with Crippen LogP contribution in [0.15, 0.2) is 0 Å². The van der Waals surface area contributed by atoms with Crippen LogP contribution >= 0.6 is 0 Å². The van der Waals surface area contributed by atoms with E-state index in [1.165, 1.54) is 0 Å². The van der Waals surface area contributed by atoms with Crippen molar-refractivity contribution in [1.82, 2.24) is 0 Å². The molecule has 46 valence electrons. The normalized spacial score (nSPS) is 13.4. The highest BCUT2D eigenvalue weighted by Crippen LogP contribution is 2.05. The number of nitrogens with zero attached hydrogens (tertiary/aromatic N) is 1. The summed E-state index contributed by atoms with van der Waals surface area (Å²) in [6.45, 7) is 12.9. The van der Waals surface area contributed by atoms with Crippen LogP contribution in [0.25, 0.3) is 4.85 Å². The lowest BCUT2D eigenvalue weighted by Gasteiger charge is -2.00. The number of rotatable bonds is 2. The molecule has 0 aliphatic heterocycles. The van der Waals surface area contributed by atoms with E-state index < -0.39 is 0 Å². The second kappa shape index (κ2) is 3.49. The Morgan fingerprint density at radius 2 is 1.88 bits per heavy atom. The van der Waals surface area contributed by atoms with E-state index in [-0.39, 0.29) is 6.04 Å². The van der Waals surface area contributed by atoms with Crippen LogP contribution in [0.3, 0.4) is 0 Å². The maximum atomic E-state index is 6.63. The van der Waals surface area contributed by atoms with E-state index in [9.17, 15) is 0 Å². The van der Waals surface area contributed by atoms with E-state index in [0.29, 0.717) is 5.92 Å². The Kier molecular flexibility index (Phi) is 3.26. The second-order valence-corrected chi connectivity index (χ2v) is 2.61. The third-order valence-corrected chi connectivity index (χ3v) is 1.03. The van der Waals surface area contributed by atoms with Crippen LogP contribution in [-0.2, 0) is 0 Å². The quantitative estimate of drug-likeness (QED) is 0.482. The van der Waals surface area contributed by atoms with Crippen LogP contribution in [0.4, 0.5) is 0 Å². The highest BCUT2D eigenvalue weighted by molar-refractivity contribution is 4.73. The van der Waals surface area contributed by atoms with Crippen LogP contribution < -0.4 is 0 Å². The SMILES string of the molecule is [C-]#[N+][C@@H](C)CC(C)C. The predicted octanol–water partition coefficient (Wildman–Crippen LogP) is 2.34. The lowest BCUT2D eigenvalue weighted by Crippen LogP contribution is -1.99. The van der Waals surface area contributed by atoms with Gasteiger partial charge in [0.05, 0.1) is 0 Å². The topological polar surface area (TPSA) is 4.36 Å². The Hall–Kier alpha value is -0.510. The third-order valence-electron chi connectivity index (χ3n) is 1.03. The smallest absolute Gasteiger partial charge is 0.221 e. The van der Waals surface area contributed by atoms with Crippen molar-refractivity contribution in [2.45, 2.75) is 33.2 Å². The van der Waals surface area contributed by atoms with Gasteiger partial charge in [0, 0.05) is 13.3 Å². The lowest BCUT2D eigenvalue weighted by molar-refractivity contribution is 0.556. The summed E-state index contributed by atoms with van der Waals surface area (Å²) in [6, 6.07) is 0.218. The van der Waals surface area contributed by atoms with Gasteiger partial charge in [-0.05, 0) is 5.92 Å². The van der Waals surface area contributed by atoms with Gasteiger partial charge in [0.15, 0.2) is 0 Å². The van der Waals surface area contributed by atoms with Crippen molar-refractivity contribution in [1.29, 1.82) is 0 Å². The summed E-state index contributed by atoms with van der Waals surface area (Å²) in [6.07, 6.45) is 1.03. The first-order chi connectivity index (χ1) is 3.66. The van der Waals surface area contributed by atoms with Crippen molar-refractivity contribution in [3.8, 4) is 0 Å². The highest BCUT2D eigenvalue weighted by Gasteiger charge is 2.05. The molecule has 1 atom stereocenters. The molecule has 0 aliphatic carbocycles. The Morgan fingerprint density at radius 1 is 1.38 bits per heavy atom. The molecule has 0 aromatic rings. The van der Waals surface area contributed by atoms with Crippen molar-refractivity contribution < 1.29 is 0 Å². The van der Waals surface area contributed by atoms with Crippen molar-refractivity contribution in [2.24, 2.45) is 5.92 Å². The fourth-order valence-corrected chi connectivity index (χ4v) is 0.735. The van der Waals surface area contributed by atoms with Gasteiger partial charge in [-0.15, -0.1) is 0 Å². The van der Waals surface area contributed by atoms with E-state index in [1.807, 2.05) is 6.92 Å². The van der Waals surface area contributed by atoms with Crippen molar-refractivity contribution >= 4 is 0 Å². The molecule has 1 heteroatoms. The molecule has 0 aliphatic rings. The second-order valence-electron chi connectivity index (χ2n) is 2.61. The largest absolute Gasteiger partial charge is 0.314 e. The highest BCUT2D eigenvalue weighted by atomic mass is 14.7. The van der Waals surface area contributed by atoms with Crippen LogP contribution in [-0.4, -0.2) is 6.04 Å². The van der Waals surface area contributed by atoms with E-state index in [2.05, 4.69) is 18.7 Å². The van der Waals surface area contributed by atoms with Gasteiger partial charge in [0.25, 0.3) is 0 Å². The average Bonchev–Trinajstić information content (AvgIpc) is 1.65. The maximum Gasteiger partial charge on any atom is 0.221 e.